The molecule has 5 nitrogen and oxygen atoms in total. The van der Waals surface area contributed by atoms with Gasteiger partial charge in [0.25, 0.3) is 0 Å². The Morgan fingerprint density at radius 1 is 1.41 bits per heavy atom. The zero-order valence-corrected chi connectivity index (χ0v) is 12.6. The van der Waals surface area contributed by atoms with Gasteiger partial charge in [0.05, 0.1) is 11.6 Å². The maximum Gasteiger partial charge on any atom is 0.205 e. The van der Waals surface area contributed by atoms with Crippen LogP contribution in [0.4, 0.5) is 0 Å². The molecule has 2 aliphatic rings. The molecular weight excluding hydrogens is 278 g/mol. The SMILES string of the molecule is CC1(C)CC(=O)C2=C(C1)OC(N)=C(C#N)C2c1ccccn1. The van der Waals surface area contributed by atoms with Gasteiger partial charge in [-0.15, -0.1) is 0 Å². The van der Waals surface area contributed by atoms with Crippen LogP contribution in [0.1, 0.15) is 38.3 Å². The number of hydrogen-bond donors (Lipinski definition) is 1. The Labute approximate surface area is 129 Å². The van der Waals surface area contributed by atoms with Gasteiger partial charge in [-0.25, -0.2) is 0 Å². The van der Waals surface area contributed by atoms with Crippen molar-refractivity contribution in [3.63, 3.8) is 0 Å². The Hall–Kier alpha value is -2.61. The normalized spacial score (nSPS) is 23.7. The molecule has 3 rings (SSSR count). The number of Topliss-reactive ketones (excluding diaryl/α,β-unsaturated/α-hetero) is 1. The second-order valence-corrected chi connectivity index (χ2v) is 6.46. The van der Waals surface area contributed by atoms with E-state index in [9.17, 15) is 10.1 Å². The van der Waals surface area contributed by atoms with Gasteiger partial charge in [-0.3, -0.25) is 9.78 Å². The molecule has 1 aliphatic carbocycles. The maximum atomic E-state index is 12.7. The largest absolute Gasteiger partial charge is 0.444 e. The molecule has 22 heavy (non-hydrogen) atoms. The first-order chi connectivity index (χ1) is 10.4. The Morgan fingerprint density at radius 2 is 2.18 bits per heavy atom. The fourth-order valence-corrected chi connectivity index (χ4v) is 3.13. The first kappa shape index (κ1) is 14.3. The van der Waals surface area contributed by atoms with Crippen LogP contribution in [-0.2, 0) is 9.53 Å². The monoisotopic (exact) mass is 295 g/mol. The molecule has 0 radical (unpaired) electrons. The molecule has 0 amide bonds. The topological polar surface area (TPSA) is 89.0 Å². The molecule has 112 valence electrons. The second-order valence-electron chi connectivity index (χ2n) is 6.46. The van der Waals surface area contributed by atoms with Gasteiger partial charge in [0, 0.05) is 24.6 Å². The lowest BCUT2D eigenvalue weighted by Crippen LogP contribution is -2.33. The van der Waals surface area contributed by atoms with E-state index in [2.05, 4.69) is 11.1 Å². The van der Waals surface area contributed by atoms with Crippen molar-refractivity contribution in [1.29, 1.82) is 5.26 Å². The predicted molar refractivity (Wildman–Crippen MR) is 79.9 cm³/mol. The van der Waals surface area contributed by atoms with Gasteiger partial charge in [0.2, 0.25) is 5.88 Å². The lowest BCUT2D eigenvalue weighted by molar-refractivity contribution is -0.119. The summed E-state index contributed by atoms with van der Waals surface area (Å²) in [5.74, 6) is 0.122. The predicted octanol–water partition coefficient (Wildman–Crippen LogP) is 2.53. The van der Waals surface area contributed by atoms with Crippen LogP contribution in [0, 0.1) is 16.7 Å². The highest BCUT2D eigenvalue weighted by Gasteiger charge is 2.43. The van der Waals surface area contributed by atoms with Crippen molar-refractivity contribution in [2.75, 3.05) is 0 Å². The Kier molecular flexibility index (Phi) is 3.25. The number of nitrogens with zero attached hydrogens (tertiary/aromatic N) is 2. The average Bonchev–Trinajstić information content (AvgIpc) is 2.45. The smallest absolute Gasteiger partial charge is 0.205 e. The molecule has 0 fully saturated rings. The van der Waals surface area contributed by atoms with Gasteiger partial charge < -0.3 is 10.5 Å². The first-order valence-electron chi connectivity index (χ1n) is 7.18. The number of hydrogen-bond acceptors (Lipinski definition) is 5. The van der Waals surface area contributed by atoms with Gasteiger partial charge in [-0.2, -0.15) is 5.26 Å². The molecule has 1 unspecified atom stereocenters. The summed E-state index contributed by atoms with van der Waals surface area (Å²) in [4.78, 5) is 17.0. The molecule has 1 atom stereocenters. The third-order valence-corrected chi connectivity index (χ3v) is 4.06. The van der Waals surface area contributed by atoms with Crippen LogP contribution in [0.15, 0.2) is 47.2 Å². The van der Waals surface area contributed by atoms with Crippen molar-refractivity contribution in [3.8, 4) is 6.07 Å². The molecule has 2 N–H and O–H groups in total. The molecule has 1 aromatic heterocycles. The zero-order chi connectivity index (χ0) is 15.9. The number of aromatic nitrogens is 1. The van der Waals surface area contributed by atoms with Crippen LogP contribution in [0.3, 0.4) is 0 Å². The molecule has 0 bridgehead atoms. The number of carbonyl (C=O) groups is 1. The number of carbonyl (C=O) groups excluding carboxylic acids is 1. The van der Waals surface area contributed by atoms with E-state index in [0.717, 1.165) is 0 Å². The highest BCUT2D eigenvalue weighted by atomic mass is 16.5. The molecule has 2 heterocycles. The summed E-state index contributed by atoms with van der Waals surface area (Å²) in [6.07, 6.45) is 2.70. The third-order valence-electron chi connectivity index (χ3n) is 4.06. The summed E-state index contributed by atoms with van der Waals surface area (Å²) in [7, 11) is 0. The number of nitrogens with two attached hydrogens (primary N) is 1. The van der Waals surface area contributed by atoms with Crippen molar-refractivity contribution < 1.29 is 9.53 Å². The molecular formula is C17H17N3O2. The summed E-state index contributed by atoms with van der Waals surface area (Å²) in [5, 5.41) is 9.44. The van der Waals surface area contributed by atoms with Crippen molar-refractivity contribution >= 4 is 5.78 Å². The number of allylic oxidation sites excluding steroid dienone is 3. The van der Waals surface area contributed by atoms with E-state index >= 15 is 0 Å². The van der Waals surface area contributed by atoms with Crippen molar-refractivity contribution in [2.24, 2.45) is 11.1 Å². The molecule has 1 aliphatic heterocycles. The minimum atomic E-state index is -0.529. The van der Waals surface area contributed by atoms with E-state index in [0.29, 0.717) is 29.9 Å². The van der Waals surface area contributed by atoms with Gasteiger partial charge >= 0.3 is 0 Å². The number of pyridine rings is 1. The molecule has 1 aromatic rings. The third kappa shape index (κ3) is 2.27. The Balaban J connectivity index is 2.18. The molecule has 0 aromatic carbocycles. The number of ketones is 1. The summed E-state index contributed by atoms with van der Waals surface area (Å²) in [5.41, 5.74) is 7.18. The molecule has 0 saturated heterocycles. The van der Waals surface area contributed by atoms with Crippen LogP contribution < -0.4 is 5.73 Å². The minimum absolute atomic E-state index is 0.00199. The van der Waals surface area contributed by atoms with Gasteiger partial charge in [-0.05, 0) is 17.5 Å². The van der Waals surface area contributed by atoms with Gasteiger partial charge in [0.1, 0.15) is 17.4 Å². The van der Waals surface area contributed by atoms with Crippen LogP contribution in [0.2, 0.25) is 0 Å². The number of rotatable bonds is 1. The summed E-state index contributed by atoms with van der Waals surface area (Å²) in [6.45, 7) is 4.04. The minimum Gasteiger partial charge on any atom is -0.444 e. The fraction of sp³-hybridized carbons (Fsp3) is 0.353. The number of nitriles is 1. The van der Waals surface area contributed by atoms with Crippen LogP contribution in [0.5, 0.6) is 0 Å². The Bertz CT molecular complexity index is 739. The summed E-state index contributed by atoms with van der Waals surface area (Å²) >= 11 is 0. The maximum absolute atomic E-state index is 12.7. The lowest BCUT2D eigenvalue weighted by atomic mass is 9.71. The highest BCUT2D eigenvalue weighted by Crippen LogP contribution is 2.47. The van der Waals surface area contributed by atoms with Crippen molar-refractivity contribution in [3.05, 3.63) is 52.9 Å². The lowest BCUT2D eigenvalue weighted by Gasteiger charge is -2.36. The van der Waals surface area contributed by atoms with Gasteiger partial charge in [0.15, 0.2) is 5.78 Å². The molecule has 5 heteroatoms. The summed E-state index contributed by atoms with van der Waals surface area (Å²) in [6, 6.07) is 7.51. The highest BCUT2D eigenvalue weighted by molar-refractivity contribution is 5.99. The molecule has 0 spiro atoms. The average molecular weight is 295 g/mol. The second kappa shape index (κ2) is 4.99. The van der Waals surface area contributed by atoms with E-state index < -0.39 is 5.92 Å². The summed E-state index contributed by atoms with van der Waals surface area (Å²) < 4.78 is 5.62. The van der Waals surface area contributed by atoms with E-state index in [1.807, 2.05) is 19.9 Å². The van der Waals surface area contributed by atoms with E-state index in [4.69, 9.17) is 10.5 Å². The van der Waals surface area contributed by atoms with Gasteiger partial charge in [-0.1, -0.05) is 19.9 Å². The standard InChI is InChI=1S/C17H17N3O2/c1-17(2)7-12(21)15-13(8-17)22-16(19)10(9-18)14(15)11-5-3-4-6-20-11/h3-6,14H,7-8,19H2,1-2H3. The first-order valence-corrected chi connectivity index (χ1v) is 7.18. The Morgan fingerprint density at radius 3 is 2.82 bits per heavy atom. The van der Waals surface area contributed by atoms with E-state index in [1.165, 1.54) is 0 Å². The molecule has 0 saturated carbocycles. The van der Waals surface area contributed by atoms with Crippen LogP contribution in [-0.4, -0.2) is 10.8 Å². The van der Waals surface area contributed by atoms with Crippen LogP contribution >= 0.6 is 0 Å². The van der Waals surface area contributed by atoms with E-state index in [1.54, 1.807) is 18.3 Å². The number of ether oxygens (including phenoxy) is 1. The quantitative estimate of drug-likeness (QED) is 0.860. The van der Waals surface area contributed by atoms with E-state index in [-0.39, 0.29) is 22.7 Å². The van der Waals surface area contributed by atoms with Crippen molar-refractivity contribution in [1.82, 2.24) is 4.98 Å². The van der Waals surface area contributed by atoms with Crippen LogP contribution in [0.25, 0.3) is 0 Å². The van der Waals surface area contributed by atoms with Crippen molar-refractivity contribution in [2.45, 2.75) is 32.6 Å². The zero-order valence-electron chi connectivity index (χ0n) is 12.6. The fourth-order valence-electron chi connectivity index (χ4n) is 3.13.